The van der Waals surface area contributed by atoms with Gasteiger partial charge in [-0.05, 0) is 44.0 Å². The van der Waals surface area contributed by atoms with Crippen molar-refractivity contribution >= 4 is 15.8 Å². The monoisotopic (exact) mass is 396 g/mol. The van der Waals surface area contributed by atoms with E-state index in [4.69, 9.17) is 5.14 Å². The van der Waals surface area contributed by atoms with Crippen LogP contribution in [0.25, 0.3) is 0 Å². The Morgan fingerprint density at radius 1 is 1.00 bits per heavy atom. The lowest BCUT2D eigenvalue weighted by Gasteiger charge is -2.29. The van der Waals surface area contributed by atoms with E-state index in [0.717, 1.165) is 11.1 Å². The molecule has 0 saturated heterocycles. The first-order valence-corrected chi connectivity index (χ1v) is 10.5. The third-order valence-electron chi connectivity index (χ3n) is 5.36. The van der Waals surface area contributed by atoms with E-state index in [0.29, 0.717) is 22.5 Å². The highest BCUT2D eigenvalue weighted by Crippen LogP contribution is 2.37. The first kappa shape index (κ1) is 20.0. The summed E-state index contributed by atoms with van der Waals surface area (Å²) < 4.78 is 25.4. The number of nitrogens with zero attached hydrogens (tertiary/aromatic N) is 1. The fourth-order valence-corrected chi connectivity index (χ4v) is 4.60. The van der Waals surface area contributed by atoms with E-state index in [2.05, 4.69) is 0 Å². The average Bonchev–Trinajstić information content (AvgIpc) is 3.02. The van der Waals surface area contributed by atoms with Gasteiger partial charge in [-0.2, -0.15) is 0 Å². The highest BCUT2D eigenvalue weighted by molar-refractivity contribution is 7.90. The van der Waals surface area contributed by atoms with Gasteiger partial charge in [0.1, 0.15) is 4.75 Å². The molecule has 0 saturated carbocycles. The number of carbonyl (C=O) groups is 1. The molecule has 0 bridgehead atoms. The number of hydrogen-bond donors (Lipinski definition) is 1. The molecule has 3 rings (SSSR count). The molecule has 0 aliphatic rings. The van der Waals surface area contributed by atoms with Crippen molar-refractivity contribution < 1.29 is 13.2 Å². The maximum atomic E-state index is 13.1. The minimum absolute atomic E-state index is 0.156. The van der Waals surface area contributed by atoms with Crippen LogP contribution in [0, 0.1) is 13.8 Å². The summed E-state index contributed by atoms with van der Waals surface area (Å²) in [5.41, 5.74) is 3.94. The molecule has 1 unspecified atom stereocenters. The molecule has 2 aromatic carbocycles. The SMILES string of the molecule is Cc1ccc(C(=O)c2ccc(C(C)(c3ccccc3)S(N)(=O)=O)n2C)c(C)c1. The van der Waals surface area contributed by atoms with Crippen LogP contribution in [-0.2, 0) is 21.8 Å². The molecule has 146 valence electrons. The summed E-state index contributed by atoms with van der Waals surface area (Å²) in [4.78, 5) is 13.1. The Bertz CT molecular complexity index is 1150. The molecule has 0 aliphatic heterocycles. The van der Waals surface area contributed by atoms with Crippen molar-refractivity contribution in [2.45, 2.75) is 25.5 Å². The molecule has 0 aliphatic carbocycles. The van der Waals surface area contributed by atoms with E-state index in [1.807, 2.05) is 32.0 Å². The lowest BCUT2D eigenvalue weighted by Crippen LogP contribution is -2.40. The first-order valence-electron chi connectivity index (χ1n) is 8.93. The van der Waals surface area contributed by atoms with E-state index in [1.165, 1.54) is 0 Å². The van der Waals surface area contributed by atoms with E-state index < -0.39 is 14.8 Å². The molecular weight excluding hydrogens is 372 g/mol. The van der Waals surface area contributed by atoms with E-state index in [-0.39, 0.29) is 5.78 Å². The summed E-state index contributed by atoms with van der Waals surface area (Å²) in [6, 6.07) is 17.8. The molecular formula is C22H24N2O3S. The number of rotatable bonds is 5. The van der Waals surface area contributed by atoms with Gasteiger partial charge in [0.05, 0.1) is 5.69 Å². The van der Waals surface area contributed by atoms with Gasteiger partial charge in [-0.25, -0.2) is 13.6 Å². The smallest absolute Gasteiger partial charge is 0.224 e. The number of carbonyl (C=O) groups excluding carboxylic acids is 1. The Balaban J connectivity index is 2.17. The fourth-order valence-electron chi connectivity index (χ4n) is 3.64. The van der Waals surface area contributed by atoms with Crippen LogP contribution >= 0.6 is 0 Å². The second kappa shape index (κ2) is 7.04. The van der Waals surface area contributed by atoms with Gasteiger partial charge < -0.3 is 4.57 Å². The van der Waals surface area contributed by atoms with Crippen molar-refractivity contribution in [1.82, 2.24) is 4.57 Å². The van der Waals surface area contributed by atoms with Crippen LogP contribution < -0.4 is 5.14 Å². The summed E-state index contributed by atoms with van der Waals surface area (Å²) in [5, 5.41) is 5.66. The van der Waals surface area contributed by atoms with Crippen molar-refractivity contribution in [3.63, 3.8) is 0 Å². The molecule has 1 heterocycles. The largest absolute Gasteiger partial charge is 0.343 e. The molecule has 0 spiro atoms. The van der Waals surface area contributed by atoms with E-state index in [9.17, 15) is 13.2 Å². The van der Waals surface area contributed by atoms with Crippen molar-refractivity contribution in [3.8, 4) is 0 Å². The number of sulfonamides is 1. The van der Waals surface area contributed by atoms with E-state index in [1.54, 1.807) is 61.0 Å². The minimum Gasteiger partial charge on any atom is -0.343 e. The molecule has 1 atom stereocenters. The van der Waals surface area contributed by atoms with Crippen LogP contribution in [0.4, 0.5) is 0 Å². The van der Waals surface area contributed by atoms with Crippen molar-refractivity contribution in [3.05, 3.63) is 94.3 Å². The maximum absolute atomic E-state index is 13.1. The third-order valence-corrected chi connectivity index (χ3v) is 6.95. The highest BCUT2D eigenvalue weighted by Gasteiger charge is 2.43. The number of aryl methyl sites for hydroxylation is 2. The number of hydrogen-bond acceptors (Lipinski definition) is 3. The average molecular weight is 397 g/mol. The second-order valence-electron chi connectivity index (χ2n) is 7.25. The second-order valence-corrected chi connectivity index (χ2v) is 9.16. The Labute approximate surface area is 165 Å². The Morgan fingerprint density at radius 3 is 2.21 bits per heavy atom. The van der Waals surface area contributed by atoms with Crippen LogP contribution in [0.1, 0.15) is 45.4 Å². The van der Waals surface area contributed by atoms with Crippen LogP contribution in [-0.4, -0.2) is 18.8 Å². The molecule has 2 N–H and O–H groups in total. The summed E-state index contributed by atoms with van der Waals surface area (Å²) in [6.07, 6.45) is 0. The zero-order chi connectivity index (χ0) is 20.7. The molecule has 0 amide bonds. The third kappa shape index (κ3) is 3.19. The molecule has 3 aromatic rings. The summed E-state index contributed by atoms with van der Waals surface area (Å²) in [5.74, 6) is -0.156. The summed E-state index contributed by atoms with van der Waals surface area (Å²) in [6.45, 7) is 5.43. The normalized spacial score (nSPS) is 13.9. The lowest BCUT2D eigenvalue weighted by atomic mass is 9.96. The zero-order valence-corrected chi connectivity index (χ0v) is 17.2. The van der Waals surface area contributed by atoms with Crippen molar-refractivity contribution in [2.24, 2.45) is 12.2 Å². The number of nitrogens with two attached hydrogens (primary N) is 1. The Hall–Kier alpha value is -2.70. The van der Waals surface area contributed by atoms with Crippen molar-refractivity contribution in [2.75, 3.05) is 0 Å². The van der Waals surface area contributed by atoms with E-state index >= 15 is 0 Å². The number of primary sulfonamides is 1. The predicted molar refractivity (Wildman–Crippen MR) is 111 cm³/mol. The van der Waals surface area contributed by atoms with Gasteiger partial charge >= 0.3 is 0 Å². The number of ketones is 1. The zero-order valence-electron chi connectivity index (χ0n) is 16.4. The molecule has 0 fully saturated rings. The first-order chi connectivity index (χ1) is 13.1. The predicted octanol–water partition coefficient (Wildman–Crippen LogP) is 3.42. The summed E-state index contributed by atoms with van der Waals surface area (Å²) >= 11 is 0. The lowest BCUT2D eigenvalue weighted by molar-refractivity contribution is 0.103. The quantitative estimate of drug-likeness (QED) is 0.671. The Morgan fingerprint density at radius 2 is 1.64 bits per heavy atom. The molecule has 28 heavy (non-hydrogen) atoms. The van der Waals surface area contributed by atoms with Crippen LogP contribution in [0.15, 0.2) is 60.7 Å². The fraction of sp³-hybridized carbons (Fsp3) is 0.227. The summed E-state index contributed by atoms with van der Waals surface area (Å²) in [7, 11) is -2.32. The van der Waals surface area contributed by atoms with Crippen LogP contribution in [0.2, 0.25) is 0 Å². The van der Waals surface area contributed by atoms with Gasteiger partial charge in [0.15, 0.2) is 0 Å². The van der Waals surface area contributed by atoms with Crippen LogP contribution in [0.3, 0.4) is 0 Å². The van der Waals surface area contributed by atoms with Crippen LogP contribution in [0.5, 0.6) is 0 Å². The number of aromatic nitrogens is 1. The molecule has 5 nitrogen and oxygen atoms in total. The van der Waals surface area contributed by atoms with Gasteiger partial charge in [-0.15, -0.1) is 0 Å². The maximum Gasteiger partial charge on any atom is 0.224 e. The van der Waals surface area contributed by atoms with Crippen molar-refractivity contribution in [1.29, 1.82) is 0 Å². The molecule has 1 aromatic heterocycles. The number of benzene rings is 2. The minimum atomic E-state index is -4.02. The van der Waals surface area contributed by atoms with Gasteiger partial charge in [-0.3, -0.25) is 4.79 Å². The van der Waals surface area contributed by atoms with Gasteiger partial charge in [-0.1, -0.05) is 54.1 Å². The van der Waals surface area contributed by atoms with Gasteiger partial charge in [0, 0.05) is 18.3 Å². The molecule has 6 heteroatoms. The highest BCUT2D eigenvalue weighted by atomic mass is 32.2. The molecule has 0 radical (unpaired) electrons. The van der Waals surface area contributed by atoms with Gasteiger partial charge in [0.25, 0.3) is 0 Å². The van der Waals surface area contributed by atoms with Gasteiger partial charge in [0.2, 0.25) is 15.8 Å². The topological polar surface area (TPSA) is 82.2 Å². The Kier molecular flexibility index (Phi) is 5.04. The standard InChI is InChI=1S/C22H24N2O3S/c1-15-10-11-18(16(2)14-15)21(25)19-12-13-20(24(19)4)22(3,28(23,26)27)17-8-6-5-7-9-17/h5-14H,1-4H3,(H2,23,26,27).